The quantitative estimate of drug-likeness (QED) is 0.883. The van der Waals surface area contributed by atoms with E-state index in [9.17, 15) is 8.78 Å². The number of hydrogen-bond donors (Lipinski definition) is 1. The Morgan fingerprint density at radius 1 is 1.11 bits per heavy atom. The minimum Gasteiger partial charge on any atom is -0.340 e. The van der Waals surface area contributed by atoms with Crippen LogP contribution in [0.5, 0.6) is 0 Å². The lowest BCUT2D eigenvalue weighted by atomic mass is 10.2. The van der Waals surface area contributed by atoms with E-state index < -0.39 is 11.6 Å². The van der Waals surface area contributed by atoms with Gasteiger partial charge in [0.1, 0.15) is 17.5 Å². The lowest BCUT2D eigenvalue weighted by molar-refractivity contribution is 0.584. The van der Waals surface area contributed by atoms with Gasteiger partial charge in [-0.25, -0.2) is 13.8 Å². The molecule has 0 radical (unpaired) electrons. The number of pyridine rings is 1. The first-order chi connectivity index (χ1) is 8.56. The smallest absolute Gasteiger partial charge is 0.131 e. The van der Waals surface area contributed by atoms with E-state index in [1.165, 1.54) is 6.07 Å². The second-order valence-electron chi connectivity index (χ2n) is 3.78. The van der Waals surface area contributed by atoms with Crippen LogP contribution in [-0.4, -0.2) is 4.98 Å². The van der Waals surface area contributed by atoms with Crippen molar-refractivity contribution in [1.82, 2.24) is 4.98 Å². The fourth-order valence-electron chi connectivity index (χ4n) is 1.57. The number of aryl methyl sites for hydroxylation is 1. The first kappa shape index (κ1) is 12.0. The van der Waals surface area contributed by atoms with Gasteiger partial charge in [0.25, 0.3) is 0 Å². The van der Waals surface area contributed by atoms with Gasteiger partial charge in [0.2, 0.25) is 0 Å². The van der Waals surface area contributed by atoms with E-state index in [0.717, 1.165) is 18.2 Å². The fourth-order valence-corrected chi connectivity index (χ4v) is 1.57. The number of nitrogens with one attached hydrogen (secondary N) is 1. The zero-order valence-electron chi connectivity index (χ0n) is 9.54. The third-order valence-electron chi connectivity index (χ3n) is 2.22. The number of nitrogens with zero attached hydrogens (tertiary/aromatic N) is 2. The van der Waals surface area contributed by atoms with Gasteiger partial charge in [0.05, 0.1) is 11.6 Å². The Kier molecular flexibility index (Phi) is 3.20. The molecule has 0 aliphatic rings. The monoisotopic (exact) mass is 245 g/mol. The second kappa shape index (κ2) is 4.80. The van der Waals surface area contributed by atoms with Gasteiger partial charge in [-0.05, 0) is 31.2 Å². The second-order valence-corrected chi connectivity index (χ2v) is 3.78. The zero-order valence-corrected chi connectivity index (χ0v) is 9.54. The van der Waals surface area contributed by atoms with E-state index >= 15 is 0 Å². The molecule has 0 atom stereocenters. The van der Waals surface area contributed by atoms with Crippen molar-refractivity contribution in [2.45, 2.75) is 6.92 Å². The Morgan fingerprint density at radius 3 is 2.39 bits per heavy atom. The van der Waals surface area contributed by atoms with Crippen LogP contribution in [0.2, 0.25) is 0 Å². The van der Waals surface area contributed by atoms with Crippen LogP contribution in [-0.2, 0) is 0 Å². The van der Waals surface area contributed by atoms with E-state index in [2.05, 4.69) is 10.3 Å². The molecule has 0 fully saturated rings. The number of anilines is 2. The van der Waals surface area contributed by atoms with Crippen LogP contribution in [0, 0.1) is 29.9 Å². The number of benzene rings is 1. The maximum atomic E-state index is 13.0. The summed E-state index contributed by atoms with van der Waals surface area (Å²) in [5, 5.41) is 11.6. The number of aromatic nitrogens is 1. The van der Waals surface area contributed by atoms with Gasteiger partial charge in [-0.2, -0.15) is 5.26 Å². The molecule has 0 amide bonds. The Hall–Kier alpha value is -2.48. The minimum atomic E-state index is -0.675. The third kappa shape index (κ3) is 2.80. The molecular weight excluding hydrogens is 236 g/mol. The van der Waals surface area contributed by atoms with E-state index in [4.69, 9.17) is 5.26 Å². The van der Waals surface area contributed by atoms with Crippen LogP contribution >= 0.6 is 0 Å². The van der Waals surface area contributed by atoms with Gasteiger partial charge >= 0.3 is 0 Å². The molecule has 0 aliphatic heterocycles. The average molecular weight is 245 g/mol. The predicted molar refractivity (Wildman–Crippen MR) is 63.3 cm³/mol. The summed E-state index contributed by atoms with van der Waals surface area (Å²) in [4.78, 5) is 4.13. The molecule has 0 spiro atoms. The van der Waals surface area contributed by atoms with Crippen molar-refractivity contribution in [2.75, 3.05) is 5.32 Å². The van der Waals surface area contributed by atoms with Crippen LogP contribution < -0.4 is 5.32 Å². The van der Waals surface area contributed by atoms with Gasteiger partial charge in [0, 0.05) is 17.4 Å². The maximum Gasteiger partial charge on any atom is 0.131 e. The Morgan fingerprint density at radius 2 is 1.78 bits per heavy atom. The van der Waals surface area contributed by atoms with Crippen molar-refractivity contribution >= 4 is 11.5 Å². The van der Waals surface area contributed by atoms with Gasteiger partial charge in [-0.1, -0.05) is 0 Å². The largest absolute Gasteiger partial charge is 0.340 e. The predicted octanol–water partition coefficient (Wildman–Crippen LogP) is 3.28. The van der Waals surface area contributed by atoms with Crippen LogP contribution in [0.25, 0.3) is 0 Å². The van der Waals surface area contributed by atoms with Crippen molar-refractivity contribution < 1.29 is 8.78 Å². The Bertz CT molecular complexity index is 612. The van der Waals surface area contributed by atoms with E-state index in [1.807, 2.05) is 6.07 Å². The van der Waals surface area contributed by atoms with Gasteiger partial charge in [-0.15, -0.1) is 0 Å². The molecule has 18 heavy (non-hydrogen) atoms. The summed E-state index contributed by atoms with van der Waals surface area (Å²) in [6.07, 6.45) is 0. The minimum absolute atomic E-state index is 0.245. The summed E-state index contributed by atoms with van der Waals surface area (Å²) >= 11 is 0. The molecule has 1 N–H and O–H groups in total. The van der Waals surface area contributed by atoms with Gasteiger partial charge in [-0.3, -0.25) is 0 Å². The highest BCUT2D eigenvalue weighted by molar-refractivity contribution is 5.58. The number of halogens is 2. The lowest BCUT2D eigenvalue weighted by Gasteiger charge is -2.07. The topological polar surface area (TPSA) is 48.7 Å². The fraction of sp³-hybridized carbons (Fsp3) is 0.0769. The van der Waals surface area contributed by atoms with Crippen molar-refractivity contribution in [3.63, 3.8) is 0 Å². The Balaban J connectivity index is 2.34. The SMILES string of the molecule is Cc1cc(C#N)cc(Nc2cc(F)cc(F)c2)n1. The molecular formula is C13H9F2N3. The molecule has 3 nitrogen and oxygen atoms in total. The molecule has 0 unspecified atom stereocenters. The molecule has 0 aliphatic carbocycles. The van der Waals surface area contributed by atoms with Crippen LogP contribution in [0.3, 0.4) is 0 Å². The van der Waals surface area contributed by atoms with Gasteiger partial charge in [0.15, 0.2) is 0 Å². The summed E-state index contributed by atoms with van der Waals surface area (Å²) in [5.41, 5.74) is 1.32. The molecule has 90 valence electrons. The van der Waals surface area contributed by atoms with Gasteiger partial charge < -0.3 is 5.32 Å². The maximum absolute atomic E-state index is 13.0. The molecule has 0 saturated heterocycles. The standard InChI is InChI=1S/C13H9F2N3/c1-8-2-9(7-16)3-13(17-8)18-12-5-10(14)4-11(15)6-12/h2-6H,1H3,(H,17,18). The van der Waals surface area contributed by atoms with Crippen molar-refractivity contribution in [3.05, 3.63) is 53.2 Å². The molecule has 1 aromatic heterocycles. The number of nitriles is 1. The summed E-state index contributed by atoms with van der Waals surface area (Å²) in [7, 11) is 0. The number of rotatable bonds is 2. The summed E-state index contributed by atoms with van der Waals surface area (Å²) < 4.78 is 26.0. The van der Waals surface area contributed by atoms with Crippen LogP contribution in [0.4, 0.5) is 20.3 Å². The molecule has 2 aromatic rings. The molecule has 0 saturated carbocycles. The number of hydrogen-bond acceptors (Lipinski definition) is 3. The molecule has 5 heteroatoms. The lowest BCUT2D eigenvalue weighted by Crippen LogP contribution is -1.97. The molecule has 0 bridgehead atoms. The van der Waals surface area contributed by atoms with Crippen LogP contribution in [0.1, 0.15) is 11.3 Å². The van der Waals surface area contributed by atoms with E-state index in [1.54, 1.807) is 13.0 Å². The highest BCUT2D eigenvalue weighted by atomic mass is 19.1. The van der Waals surface area contributed by atoms with Crippen molar-refractivity contribution in [2.24, 2.45) is 0 Å². The average Bonchev–Trinajstić information content (AvgIpc) is 2.26. The molecule has 1 heterocycles. The summed E-state index contributed by atoms with van der Waals surface area (Å²) in [6, 6.07) is 8.21. The van der Waals surface area contributed by atoms with E-state index in [0.29, 0.717) is 17.1 Å². The highest BCUT2D eigenvalue weighted by Gasteiger charge is 2.03. The van der Waals surface area contributed by atoms with Crippen molar-refractivity contribution in [1.29, 1.82) is 5.26 Å². The first-order valence-corrected chi connectivity index (χ1v) is 5.19. The molecule has 2 rings (SSSR count). The Labute approximate surface area is 103 Å². The summed E-state index contributed by atoms with van der Waals surface area (Å²) in [6.45, 7) is 1.73. The zero-order chi connectivity index (χ0) is 13.1. The first-order valence-electron chi connectivity index (χ1n) is 5.19. The van der Waals surface area contributed by atoms with Crippen molar-refractivity contribution in [3.8, 4) is 6.07 Å². The third-order valence-corrected chi connectivity index (χ3v) is 2.22. The normalized spacial score (nSPS) is 9.89. The highest BCUT2D eigenvalue weighted by Crippen LogP contribution is 2.18. The van der Waals surface area contributed by atoms with E-state index in [-0.39, 0.29) is 5.69 Å². The molecule has 1 aromatic carbocycles. The summed E-state index contributed by atoms with van der Waals surface area (Å²) in [5.74, 6) is -0.979. The van der Waals surface area contributed by atoms with Crippen LogP contribution in [0.15, 0.2) is 30.3 Å².